The Bertz CT molecular complexity index is 333. The lowest BCUT2D eigenvalue weighted by atomic mass is 9.84. The highest BCUT2D eigenvalue weighted by Crippen LogP contribution is 2.24. The smallest absolute Gasteiger partial charge is 0.220 e. The average Bonchev–Trinajstić information content (AvgIpc) is 2.38. The second-order valence-corrected chi connectivity index (χ2v) is 9.10. The molecule has 20 heavy (non-hydrogen) atoms. The molecule has 1 aliphatic rings. The molecule has 2 atom stereocenters. The standard InChI is InChI=1S/C15H30N2O2S/c1-12(13-5-7-16-8-6-13)11-14(18)17-9-10-20(19)15(2,3)4/h12-13,16H,5-11H2,1-4H3,(H,17,18). The second kappa shape index (κ2) is 8.13. The van der Waals surface area contributed by atoms with Crippen LogP contribution >= 0.6 is 0 Å². The Balaban J connectivity index is 2.21. The molecule has 0 aliphatic carbocycles. The predicted molar refractivity (Wildman–Crippen MR) is 85.1 cm³/mol. The summed E-state index contributed by atoms with van der Waals surface area (Å²) in [4.78, 5) is 11.9. The van der Waals surface area contributed by atoms with Gasteiger partial charge in [0.15, 0.2) is 0 Å². The minimum absolute atomic E-state index is 0.0990. The maximum Gasteiger partial charge on any atom is 0.220 e. The normalized spacial score (nSPS) is 20.4. The molecule has 118 valence electrons. The van der Waals surface area contributed by atoms with Gasteiger partial charge in [-0.15, -0.1) is 0 Å². The summed E-state index contributed by atoms with van der Waals surface area (Å²) in [7, 11) is -0.894. The molecule has 0 aromatic rings. The van der Waals surface area contributed by atoms with Crippen LogP contribution in [0.5, 0.6) is 0 Å². The van der Waals surface area contributed by atoms with Crippen LogP contribution in [0.15, 0.2) is 0 Å². The van der Waals surface area contributed by atoms with E-state index in [1.54, 1.807) is 0 Å². The molecule has 1 amide bonds. The molecule has 0 aromatic carbocycles. The Kier molecular flexibility index (Phi) is 7.17. The third-order valence-electron chi connectivity index (χ3n) is 3.99. The van der Waals surface area contributed by atoms with Gasteiger partial charge in [-0.05, 0) is 58.5 Å². The van der Waals surface area contributed by atoms with Gasteiger partial charge in [0.1, 0.15) is 0 Å². The molecule has 0 spiro atoms. The van der Waals surface area contributed by atoms with Crippen molar-refractivity contribution in [1.29, 1.82) is 0 Å². The third kappa shape index (κ3) is 6.35. The Morgan fingerprint density at radius 2 is 1.95 bits per heavy atom. The Labute approximate surface area is 125 Å². The predicted octanol–water partition coefficient (Wildman–Crippen LogP) is 1.68. The summed E-state index contributed by atoms with van der Waals surface area (Å²) in [5, 5.41) is 6.26. The van der Waals surface area contributed by atoms with Gasteiger partial charge in [-0.25, -0.2) is 0 Å². The van der Waals surface area contributed by atoms with Crippen LogP contribution in [0.2, 0.25) is 0 Å². The number of nitrogens with one attached hydrogen (secondary N) is 2. The molecule has 5 heteroatoms. The van der Waals surface area contributed by atoms with Crippen LogP contribution in [0, 0.1) is 11.8 Å². The highest BCUT2D eigenvalue weighted by molar-refractivity contribution is 7.86. The van der Waals surface area contributed by atoms with E-state index in [4.69, 9.17) is 0 Å². The third-order valence-corrected chi connectivity index (χ3v) is 5.93. The van der Waals surface area contributed by atoms with E-state index in [0.29, 0.717) is 30.6 Å². The summed E-state index contributed by atoms with van der Waals surface area (Å²) in [6.45, 7) is 10.7. The molecule has 1 fully saturated rings. The highest BCUT2D eigenvalue weighted by Gasteiger charge is 2.22. The zero-order valence-electron chi connectivity index (χ0n) is 13.3. The first-order chi connectivity index (χ1) is 9.30. The van der Waals surface area contributed by atoms with Crippen molar-refractivity contribution in [2.75, 3.05) is 25.4 Å². The van der Waals surface area contributed by atoms with Crippen molar-refractivity contribution in [1.82, 2.24) is 10.6 Å². The van der Waals surface area contributed by atoms with E-state index in [1.807, 2.05) is 20.8 Å². The average molecular weight is 302 g/mol. The summed E-state index contributed by atoms with van der Waals surface area (Å²) in [5.74, 6) is 1.73. The van der Waals surface area contributed by atoms with Crippen LogP contribution in [0.1, 0.15) is 47.0 Å². The molecule has 0 aromatic heterocycles. The monoisotopic (exact) mass is 302 g/mol. The van der Waals surface area contributed by atoms with E-state index >= 15 is 0 Å². The molecule has 0 saturated carbocycles. The number of carbonyl (C=O) groups is 1. The SMILES string of the molecule is CC(CC(=O)NCCS(=O)C(C)(C)C)C1CCNCC1. The quantitative estimate of drug-likeness (QED) is 0.785. The summed E-state index contributed by atoms with van der Waals surface area (Å²) >= 11 is 0. The fourth-order valence-corrected chi connectivity index (χ4v) is 3.43. The second-order valence-electron chi connectivity index (χ2n) is 6.78. The van der Waals surface area contributed by atoms with E-state index < -0.39 is 10.8 Å². The fraction of sp³-hybridized carbons (Fsp3) is 0.933. The molecule has 0 bridgehead atoms. The van der Waals surface area contributed by atoms with Crippen molar-refractivity contribution >= 4 is 16.7 Å². The first-order valence-corrected chi connectivity index (χ1v) is 8.98. The van der Waals surface area contributed by atoms with E-state index in [0.717, 1.165) is 13.1 Å². The highest BCUT2D eigenvalue weighted by atomic mass is 32.2. The van der Waals surface area contributed by atoms with E-state index in [1.165, 1.54) is 12.8 Å². The number of amides is 1. The first-order valence-electron chi connectivity index (χ1n) is 7.66. The molecule has 0 radical (unpaired) electrons. The lowest BCUT2D eigenvalue weighted by Crippen LogP contribution is -2.35. The molecule has 4 nitrogen and oxygen atoms in total. The summed E-state index contributed by atoms with van der Waals surface area (Å²) in [6.07, 6.45) is 2.93. The van der Waals surface area contributed by atoms with Crippen LogP contribution in [-0.4, -0.2) is 40.3 Å². The van der Waals surface area contributed by atoms with Gasteiger partial charge in [-0.2, -0.15) is 0 Å². The minimum Gasteiger partial charge on any atom is -0.355 e. The topological polar surface area (TPSA) is 58.2 Å². The zero-order chi connectivity index (χ0) is 15.2. The van der Waals surface area contributed by atoms with Gasteiger partial charge in [0, 0.05) is 34.3 Å². The molecule has 1 aliphatic heterocycles. The van der Waals surface area contributed by atoms with Crippen molar-refractivity contribution in [3.05, 3.63) is 0 Å². The van der Waals surface area contributed by atoms with Gasteiger partial charge in [0.05, 0.1) is 0 Å². The van der Waals surface area contributed by atoms with Crippen LogP contribution < -0.4 is 10.6 Å². The molecule has 2 N–H and O–H groups in total. The lowest BCUT2D eigenvalue weighted by Gasteiger charge is -2.27. The van der Waals surface area contributed by atoms with Gasteiger partial charge in [0.25, 0.3) is 0 Å². The Hall–Kier alpha value is -0.420. The number of hydrogen-bond acceptors (Lipinski definition) is 3. The van der Waals surface area contributed by atoms with Gasteiger partial charge < -0.3 is 10.6 Å². The number of carbonyl (C=O) groups excluding carboxylic acids is 1. The first kappa shape index (κ1) is 17.6. The van der Waals surface area contributed by atoms with Crippen molar-refractivity contribution in [3.63, 3.8) is 0 Å². The van der Waals surface area contributed by atoms with Crippen LogP contribution in [0.25, 0.3) is 0 Å². The van der Waals surface area contributed by atoms with E-state index in [-0.39, 0.29) is 10.7 Å². The maximum atomic E-state index is 11.9. The van der Waals surface area contributed by atoms with E-state index in [2.05, 4.69) is 17.6 Å². The molecule has 1 rings (SSSR count). The van der Waals surface area contributed by atoms with Crippen molar-refractivity contribution in [2.24, 2.45) is 11.8 Å². The summed E-state index contributed by atoms with van der Waals surface area (Å²) in [6, 6.07) is 0. The number of piperidine rings is 1. The molecule has 2 unspecified atom stereocenters. The summed E-state index contributed by atoms with van der Waals surface area (Å²) < 4.78 is 11.7. The number of rotatable bonds is 6. The van der Waals surface area contributed by atoms with Gasteiger partial charge >= 0.3 is 0 Å². The van der Waals surface area contributed by atoms with Gasteiger partial charge in [0.2, 0.25) is 5.91 Å². The molecule has 1 saturated heterocycles. The number of hydrogen-bond donors (Lipinski definition) is 2. The van der Waals surface area contributed by atoms with Crippen LogP contribution in [0.3, 0.4) is 0 Å². The van der Waals surface area contributed by atoms with E-state index in [9.17, 15) is 9.00 Å². The van der Waals surface area contributed by atoms with Crippen LogP contribution in [0.4, 0.5) is 0 Å². The minimum atomic E-state index is -0.894. The van der Waals surface area contributed by atoms with Crippen molar-refractivity contribution in [3.8, 4) is 0 Å². The Morgan fingerprint density at radius 3 is 2.50 bits per heavy atom. The van der Waals surface area contributed by atoms with Crippen molar-refractivity contribution < 1.29 is 9.00 Å². The molecular formula is C15H30N2O2S. The van der Waals surface area contributed by atoms with Gasteiger partial charge in [-0.3, -0.25) is 9.00 Å². The summed E-state index contributed by atoms with van der Waals surface area (Å²) in [5.41, 5.74) is 0. The maximum absolute atomic E-state index is 11.9. The van der Waals surface area contributed by atoms with Gasteiger partial charge in [-0.1, -0.05) is 6.92 Å². The largest absolute Gasteiger partial charge is 0.355 e. The lowest BCUT2D eigenvalue weighted by molar-refractivity contribution is -0.122. The Morgan fingerprint density at radius 1 is 1.35 bits per heavy atom. The van der Waals surface area contributed by atoms with Crippen LogP contribution in [-0.2, 0) is 15.6 Å². The zero-order valence-corrected chi connectivity index (χ0v) is 14.1. The van der Waals surface area contributed by atoms with Crippen molar-refractivity contribution in [2.45, 2.75) is 51.7 Å². The molecular weight excluding hydrogens is 272 g/mol. The molecule has 1 heterocycles. The fourth-order valence-electron chi connectivity index (χ4n) is 2.53.